The predicted molar refractivity (Wildman–Crippen MR) is 73.1 cm³/mol. The van der Waals surface area contributed by atoms with Crippen LogP contribution in [0.5, 0.6) is 0 Å². The molecule has 0 aliphatic heterocycles. The third kappa shape index (κ3) is 2.92. The summed E-state index contributed by atoms with van der Waals surface area (Å²) in [6.07, 6.45) is -3.29. The van der Waals surface area contributed by atoms with Crippen molar-refractivity contribution in [2.45, 2.75) is 13.1 Å². The van der Waals surface area contributed by atoms with Gasteiger partial charge >= 0.3 is 12.1 Å². The number of carbonyl (C=O) groups is 1. The fraction of sp³-hybridized carbons (Fsp3) is 0.154. The number of nitrogens with zero attached hydrogens (tertiary/aromatic N) is 2. The van der Waals surface area contributed by atoms with E-state index in [1.807, 2.05) is 0 Å². The molecule has 0 spiro atoms. The molecule has 2 aromatic rings. The molecule has 2 aromatic heterocycles. The minimum atomic E-state index is -4.96. The Morgan fingerprint density at radius 1 is 1.45 bits per heavy atom. The molecule has 3 N–H and O–H groups in total. The van der Waals surface area contributed by atoms with Gasteiger partial charge in [-0.25, -0.2) is 9.78 Å². The van der Waals surface area contributed by atoms with Gasteiger partial charge in [0.25, 0.3) is 0 Å². The molecule has 9 heteroatoms. The van der Waals surface area contributed by atoms with Gasteiger partial charge in [0.2, 0.25) is 0 Å². The third-order valence-electron chi connectivity index (χ3n) is 2.79. The number of anilines is 1. The summed E-state index contributed by atoms with van der Waals surface area (Å²) in [4.78, 5) is 15.0. The van der Waals surface area contributed by atoms with Crippen molar-refractivity contribution in [3.8, 4) is 0 Å². The van der Waals surface area contributed by atoms with Crippen LogP contribution < -0.4 is 5.32 Å². The molecule has 0 saturated carbocycles. The Kier molecular flexibility index (Phi) is 3.89. The number of aromatic nitrogens is 2. The number of aryl methyl sites for hydroxylation is 1. The second-order valence-electron chi connectivity index (χ2n) is 4.38. The fourth-order valence-electron chi connectivity index (χ4n) is 1.89. The van der Waals surface area contributed by atoms with Crippen molar-refractivity contribution in [2.24, 2.45) is 0 Å². The van der Waals surface area contributed by atoms with E-state index in [0.717, 1.165) is 0 Å². The molecule has 2 heterocycles. The number of imidazole rings is 1. The normalized spacial score (nSPS) is 12.9. The molecule has 0 saturated heterocycles. The maximum Gasteiger partial charge on any atom is 0.432 e. The van der Waals surface area contributed by atoms with E-state index in [0.29, 0.717) is 11.3 Å². The zero-order valence-corrected chi connectivity index (χ0v) is 11.3. The molecule has 0 aliphatic carbocycles. The van der Waals surface area contributed by atoms with Crippen LogP contribution >= 0.6 is 0 Å². The maximum atomic E-state index is 13.1. The lowest BCUT2D eigenvalue weighted by molar-refractivity contribution is -0.133. The van der Waals surface area contributed by atoms with Gasteiger partial charge in [-0.3, -0.25) is 4.40 Å². The summed E-state index contributed by atoms with van der Waals surface area (Å²) in [5.41, 5.74) is -1.69. The largest absolute Gasteiger partial charge is 0.478 e. The van der Waals surface area contributed by atoms with Gasteiger partial charge in [0, 0.05) is 12.4 Å². The molecule has 0 aromatic carbocycles. The molecule has 0 fully saturated rings. The van der Waals surface area contributed by atoms with E-state index in [2.05, 4.69) is 10.3 Å². The van der Waals surface area contributed by atoms with Crippen LogP contribution in [0.15, 0.2) is 35.7 Å². The highest BCUT2D eigenvalue weighted by Gasteiger charge is 2.38. The molecule has 0 bridgehead atoms. The smallest absolute Gasteiger partial charge is 0.432 e. The molecule has 0 amide bonds. The summed E-state index contributed by atoms with van der Waals surface area (Å²) in [7, 11) is 0. The number of fused-ring (bicyclic) bond motifs is 1. The van der Waals surface area contributed by atoms with Crippen molar-refractivity contribution in [1.82, 2.24) is 9.38 Å². The van der Waals surface area contributed by atoms with Crippen LogP contribution in [-0.2, 0) is 4.79 Å². The molecule has 2 rings (SSSR count). The number of rotatable bonds is 4. The average molecular weight is 312 g/mol. The van der Waals surface area contributed by atoms with E-state index in [1.54, 1.807) is 13.0 Å². The van der Waals surface area contributed by atoms with Crippen LogP contribution in [0, 0.1) is 12.3 Å². The number of halogens is 3. The van der Waals surface area contributed by atoms with Gasteiger partial charge in [0.1, 0.15) is 22.7 Å². The highest BCUT2D eigenvalue weighted by Crippen LogP contribution is 2.29. The minimum Gasteiger partial charge on any atom is -0.478 e. The van der Waals surface area contributed by atoms with Gasteiger partial charge in [-0.1, -0.05) is 6.07 Å². The molecule has 6 nitrogen and oxygen atoms in total. The standard InChI is InChI=1S/C13H11F3N4O2/c1-7-6-20-9(18-7)3-2-4-10(20)19-11(13(14,15)16)8(5-17)12(21)22/h2-6,17,19H,1H3,(H,21,22)/b11-8+,17-5?. The minimum absolute atomic E-state index is 0.00831. The van der Waals surface area contributed by atoms with Crippen LogP contribution in [0.3, 0.4) is 0 Å². The number of aliphatic carboxylic acids is 1. The molecule has 22 heavy (non-hydrogen) atoms. The lowest BCUT2D eigenvalue weighted by atomic mass is 10.2. The summed E-state index contributed by atoms with van der Waals surface area (Å²) in [5, 5.41) is 17.8. The summed E-state index contributed by atoms with van der Waals surface area (Å²) in [6.45, 7) is 1.68. The van der Waals surface area contributed by atoms with Crippen molar-refractivity contribution < 1.29 is 23.1 Å². The Hall–Kier alpha value is -2.84. The monoisotopic (exact) mass is 312 g/mol. The van der Waals surface area contributed by atoms with Crippen LogP contribution in [0.25, 0.3) is 5.65 Å². The van der Waals surface area contributed by atoms with Gasteiger partial charge in [-0.2, -0.15) is 13.2 Å². The van der Waals surface area contributed by atoms with Crippen LogP contribution in [0.1, 0.15) is 5.69 Å². The van der Waals surface area contributed by atoms with Gasteiger partial charge in [0.05, 0.1) is 5.69 Å². The number of alkyl halides is 3. The Labute approximate surface area is 122 Å². The topological polar surface area (TPSA) is 90.5 Å². The van der Waals surface area contributed by atoms with Crippen LogP contribution in [-0.4, -0.2) is 32.9 Å². The maximum absolute atomic E-state index is 13.1. The second kappa shape index (κ2) is 5.51. The molecular weight excluding hydrogens is 301 g/mol. The molecule has 0 unspecified atom stereocenters. The zero-order valence-electron chi connectivity index (χ0n) is 11.3. The highest BCUT2D eigenvalue weighted by atomic mass is 19.4. The first-order valence-corrected chi connectivity index (χ1v) is 6.01. The number of carboxylic acids is 1. The molecule has 0 atom stereocenters. The Morgan fingerprint density at radius 3 is 2.68 bits per heavy atom. The first-order chi connectivity index (χ1) is 10.2. The lowest BCUT2D eigenvalue weighted by Gasteiger charge is -2.16. The highest BCUT2D eigenvalue weighted by molar-refractivity contribution is 6.08. The Morgan fingerprint density at radius 2 is 2.14 bits per heavy atom. The van der Waals surface area contributed by atoms with Crippen molar-refractivity contribution >= 4 is 23.6 Å². The first kappa shape index (κ1) is 15.5. The number of pyridine rings is 1. The Bertz CT molecular complexity index is 777. The number of allylic oxidation sites excluding steroid dienone is 1. The van der Waals surface area contributed by atoms with Crippen molar-refractivity contribution in [1.29, 1.82) is 5.41 Å². The number of hydrogen-bond donors (Lipinski definition) is 3. The summed E-state index contributed by atoms with van der Waals surface area (Å²) in [6, 6.07) is 4.44. The van der Waals surface area contributed by atoms with Gasteiger partial charge in [-0.05, 0) is 19.1 Å². The molecule has 0 aliphatic rings. The summed E-state index contributed by atoms with van der Waals surface area (Å²) >= 11 is 0. The molecular formula is C13H11F3N4O2. The van der Waals surface area contributed by atoms with Crippen LogP contribution in [0.4, 0.5) is 19.0 Å². The third-order valence-corrected chi connectivity index (χ3v) is 2.79. The predicted octanol–water partition coefficient (Wildman–Crippen LogP) is 2.61. The summed E-state index contributed by atoms with van der Waals surface area (Å²) < 4.78 is 40.7. The number of carboxylic acid groups (broad SMARTS) is 1. The molecule has 0 radical (unpaired) electrons. The van der Waals surface area contributed by atoms with E-state index < -0.39 is 23.4 Å². The van der Waals surface area contributed by atoms with Gasteiger partial charge < -0.3 is 15.8 Å². The second-order valence-corrected chi connectivity index (χ2v) is 4.38. The van der Waals surface area contributed by atoms with Crippen molar-refractivity contribution in [3.05, 3.63) is 41.4 Å². The van der Waals surface area contributed by atoms with Gasteiger partial charge in [0.15, 0.2) is 0 Å². The van der Waals surface area contributed by atoms with E-state index in [-0.39, 0.29) is 12.0 Å². The quantitative estimate of drug-likeness (QED) is 0.598. The lowest BCUT2D eigenvalue weighted by Crippen LogP contribution is -2.25. The number of hydrogen-bond acceptors (Lipinski definition) is 4. The van der Waals surface area contributed by atoms with E-state index in [1.165, 1.54) is 22.7 Å². The van der Waals surface area contributed by atoms with E-state index >= 15 is 0 Å². The zero-order chi connectivity index (χ0) is 16.5. The Balaban J connectivity index is 2.60. The average Bonchev–Trinajstić information content (AvgIpc) is 2.78. The fourth-order valence-corrected chi connectivity index (χ4v) is 1.89. The summed E-state index contributed by atoms with van der Waals surface area (Å²) in [5.74, 6) is -1.85. The van der Waals surface area contributed by atoms with Gasteiger partial charge in [-0.15, -0.1) is 0 Å². The molecule has 116 valence electrons. The van der Waals surface area contributed by atoms with E-state index in [4.69, 9.17) is 10.5 Å². The number of nitrogens with one attached hydrogen (secondary N) is 2. The van der Waals surface area contributed by atoms with Crippen LogP contribution in [0.2, 0.25) is 0 Å². The van der Waals surface area contributed by atoms with Crippen molar-refractivity contribution in [3.63, 3.8) is 0 Å². The van der Waals surface area contributed by atoms with E-state index in [9.17, 15) is 18.0 Å². The van der Waals surface area contributed by atoms with Crippen molar-refractivity contribution in [2.75, 3.05) is 5.32 Å². The SMILES string of the molecule is Cc1cn2c(N/C(=C(\C=N)C(=O)O)C(F)(F)F)cccc2n1. The first-order valence-electron chi connectivity index (χ1n) is 6.01.